The predicted molar refractivity (Wildman–Crippen MR) is 81.0 cm³/mol. The molecule has 2 rings (SSSR count). The first-order valence-electron chi connectivity index (χ1n) is 6.19. The van der Waals surface area contributed by atoms with Gasteiger partial charge in [0.2, 0.25) is 5.91 Å². The summed E-state index contributed by atoms with van der Waals surface area (Å²) in [6, 6.07) is 5.46. The number of carbonyl (C=O) groups is 1. The Bertz CT molecular complexity index is 470. The lowest BCUT2D eigenvalue weighted by Crippen LogP contribution is -2.40. The molecule has 0 saturated carbocycles. The molecule has 0 bridgehead atoms. The number of amides is 1. The molecule has 0 radical (unpaired) electrons. The zero-order chi connectivity index (χ0) is 13.8. The first kappa shape index (κ1) is 15.0. The van der Waals surface area contributed by atoms with Gasteiger partial charge < -0.3 is 10.6 Å². The van der Waals surface area contributed by atoms with E-state index in [0.717, 1.165) is 24.3 Å². The fourth-order valence-electron chi connectivity index (χ4n) is 2.22. The summed E-state index contributed by atoms with van der Waals surface area (Å²) in [5, 5.41) is 1.25. The molecule has 0 aliphatic carbocycles. The lowest BCUT2D eigenvalue weighted by Gasteiger charge is -2.23. The summed E-state index contributed by atoms with van der Waals surface area (Å²) < 4.78 is 0. The summed E-state index contributed by atoms with van der Waals surface area (Å²) >= 11 is 13.4. The quantitative estimate of drug-likeness (QED) is 0.868. The van der Waals surface area contributed by atoms with E-state index in [4.69, 9.17) is 28.9 Å². The summed E-state index contributed by atoms with van der Waals surface area (Å²) in [4.78, 5) is 14.9. The normalized spacial score (nSPS) is 18.9. The van der Waals surface area contributed by atoms with Crippen molar-refractivity contribution in [2.45, 2.75) is 23.8 Å². The summed E-state index contributed by atoms with van der Waals surface area (Å²) in [6.07, 6.45) is 2.04. The molecule has 104 valence electrons. The Morgan fingerprint density at radius 2 is 2.26 bits per heavy atom. The Labute approximate surface area is 127 Å². The highest BCUT2D eigenvalue weighted by atomic mass is 35.5. The fourth-order valence-corrected chi connectivity index (χ4v) is 3.60. The minimum Gasteiger partial charge on any atom is -0.338 e. The lowest BCUT2D eigenvalue weighted by atomic mass is 10.2. The molecule has 2 N–H and O–H groups in total. The van der Waals surface area contributed by atoms with Crippen LogP contribution in [0.25, 0.3) is 0 Å². The van der Waals surface area contributed by atoms with Crippen LogP contribution in [0.15, 0.2) is 23.1 Å². The van der Waals surface area contributed by atoms with Gasteiger partial charge in [0.25, 0.3) is 0 Å². The van der Waals surface area contributed by atoms with E-state index in [2.05, 4.69) is 0 Å². The Balaban J connectivity index is 1.95. The van der Waals surface area contributed by atoms with Crippen LogP contribution in [0.3, 0.4) is 0 Å². The van der Waals surface area contributed by atoms with Gasteiger partial charge in [0, 0.05) is 29.0 Å². The van der Waals surface area contributed by atoms with E-state index in [1.165, 1.54) is 11.8 Å². The minimum absolute atomic E-state index is 0.119. The van der Waals surface area contributed by atoms with Crippen molar-refractivity contribution in [1.82, 2.24) is 4.90 Å². The molecule has 1 aliphatic rings. The largest absolute Gasteiger partial charge is 0.338 e. The van der Waals surface area contributed by atoms with Crippen LogP contribution in [-0.2, 0) is 4.79 Å². The molecule has 1 saturated heterocycles. The highest BCUT2D eigenvalue weighted by molar-refractivity contribution is 8.00. The number of nitrogens with zero attached hydrogens (tertiary/aromatic N) is 1. The van der Waals surface area contributed by atoms with Gasteiger partial charge in [0.05, 0.1) is 10.8 Å². The number of likely N-dealkylation sites (tertiary alicyclic amines) is 1. The SMILES string of the molecule is NCC1CCCN1C(=O)CSc1cc(Cl)ccc1Cl. The van der Waals surface area contributed by atoms with Gasteiger partial charge in [-0.25, -0.2) is 0 Å². The van der Waals surface area contributed by atoms with Gasteiger partial charge >= 0.3 is 0 Å². The molecule has 1 fully saturated rings. The lowest BCUT2D eigenvalue weighted by molar-refractivity contribution is -0.128. The van der Waals surface area contributed by atoms with Crippen molar-refractivity contribution in [3.63, 3.8) is 0 Å². The highest BCUT2D eigenvalue weighted by Gasteiger charge is 2.27. The van der Waals surface area contributed by atoms with Crippen molar-refractivity contribution in [1.29, 1.82) is 0 Å². The molecule has 1 unspecified atom stereocenters. The molecule has 1 heterocycles. The molecule has 1 aromatic carbocycles. The second kappa shape index (κ2) is 6.84. The number of carbonyl (C=O) groups excluding carboxylic acids is 1. The van der Waals surface area contributed by atoms with E-state index < -0.39 is 0 Å². The smallest absolute Gasteiger partial charge is 0.233 e. The number of hydrogen-bond acceptors (Lipinski definition) is 3. The van der Waals surface area contributed by atoms with E-state index >= 15 is 0 Å². The van der Waals surface area contributed by atoms with E-state index in [0.29, 0.717) is 22.3 Å². The van der Waals surface area contributed by atoms with Gasteiger partial charge in [-0.2, -0.15) is 0 Å². The van der Waals surface area contributed by atoms with Gasteiger partial charge in [-0.05, 0) is 31.0 Å². The number of halogens is 2. The standard InChI is InChI=1S/C13H16Cl2N2OS/c14-9-3-4-11(15)12(6-9)19-8-13(18)17-5-1-2-10(17)7-16/h3-4,6,10H,1-2,5,7-8,16H2. The van der Waals surface area contributed by atoms with E-state index in [9.17, 15) is 4.79 Å². The maximum Gasteiger partial charge on any atom is 0.233 e. The Morgan fingerprint density at radius 1 is 1.47 bits per heavy atom. The Morgan fingerprint density at radius 3 is 3.00 bits per heavy atom. The van der Waals surface area contributed by atoms with Gasteiger partial charge in [-0.1, -0.05) is 23.2 Å². The molecule has 1 amide bonds. The molecule has 0 aromatic heterocycles. The highest BCUT2D eigenvalue weighted by Crippen LogP contribution is 2.30. The zero-order valence-electron chi connectivity index (χ0n) is 10.4. The summed E-state index contributed by atoms with van der Waals surface area (Å²) in [7, 11) is 0. The maximum atomic E-state index is 12.2. The Kier molecular flexibility index (Phi) is 5.39. The second-order valence-electron chi connectivity index (χ2n) is 4.48. The molecule has 1 aromatic rings. The average Bonchev–Trinajstić information content (AvgIpc) is 2.88. The van der Waals surface area contributed by atoms with Crippen LogP contribution in [0.4, 0.5) is 0 Å². The van der Waals surface area contributed by atoms with Crippen molar-refractivity contribution in [3.8, 4) is 0 Å². The van der Waals surface area contributed by atoms with Crippen LogP contribution >= 0.6 is 35.0 Å². The average molecular weight is 319 g/mol. The number of nitrogens with two attached hydrogens (primary N) is 1. The third-order valence-corrected chi connectivity index (χ3v) is 4.93. The van der Waals surface area contributed by atoms with E-state index in [1.54, 1.807) is 18.2 Å². The molecule has 6 heteroatoms. The summed E-state index contributed by atoms with van der Waals surface area (Å²) in [5.41, 5.74) is 5.67. The fraction of sp³-hybridized carbons (Fsp3) is 0.462. The number of hydrogen-bond donors (Lipinski definition) is 1. The van der Waals surface area contributed by atoms with Crippen molar-refractivity contribution < 1.29 is 4.79 Å². The Hall–Kier alpha value is -0.420. The topological polar surface area (TPSA) is 46.3 Å². The van der Waals surface area contributed by atoms with Crippen LogP contribution in [0, 0.1) is 0 Å². The first-order valence-corrected chi connectivity index (χ1v) is 7.93. The van der Waals surface area contributed by atoms with Crippen LogP contribution in [-0.4, -0.2) is 35.7 Å². The van der Waals surface area contributed by atoms with Crippen LogP contribution < -0.4 is 5.73 Å². The van der Waals surface area contributed by atoms with Crippen LogP contribution in [0.2, 0.25) is 10.0 Å². The van der Waals surface area contributed by atoms with Gasteiger partial charge in [-0.15, -0.1) is 11.8 Å². The second-order valence-corrected chi connectivity index (χ2v) is 6.34. The summed E-state index contributed by atoms with van der Waals surface area (Å²) in [5.74, 6) is 0.491. The predicted octanol–water partition coefficient (Wildman–Crippen LogP) is 3.04. The van der Waals surface area contributed by atoms with Crippen LogP contribution in [0.5, 0.6) is 0 Å². The molecular weight excluding hydrogens is 303 g/mol. The first-order chi connectivity index (χ1) is 9.11. The van der Waals surface area contributed by atoms with Crippen molar-refractivity contribution >= 4 is 40.9 Å². The van der Waals surface area contributed by atoms with Crippen molar-refractivity contribution in [2.24, 2.45) is 5.73 Å². The van der Waals surface area contributed by atoms with E-state index in [-0.39, 0.29) is 11.9 Å². The molecule has 3 nitrogen and oxygen atoms in total. The third-order valence-electron chi connectivity index (χ3n) is 3.21. The number of benzene rings is 1. The zero-order valence-corrected chi connectivity index (χ0v) is 12.8. The van der Waals surface area contributed by atoms with E-state index in [1.807, 2.05) is 4.90 Å². The van der Waals surface area contributed by atoms with Gasteiger partial charge in [0.15, 0.2) is 0 Å². The summed E-state index contributed by atoms with van der Waals surface area (Å²) in [6.45, 7) is 1.35. The molecular formula is C13H16Cl2N2OS. The van der Waals surface area contributed by atoms with Crippen LogP contribution in [0.1, 0.15) is 12.8 Å². The van der Waals surface area contributed by atoms with Gasteiger partial charge in [-0.3, -0.25) is 4.79 Å². The monoisotopic (exact) mass is 318 g/mol. The molecule has 1 aliphatic heterocycles. The maximum absolute atomic E-state index is 12.2. The van der Waals surface area contributed by atoms with Crippen molar-refractivity contribution in [3.05, 3.63) is 28.2 Å². The number of thioether (sulfide) groups is 1. The third kappa shape index (κ3) is 3.78. The molecule has 1 atom stereocenters. The number of rotatable bonds is 4. The molecule has 19 heavy (non-hydrogen) atoms. The van der Waals surface area contributed by atoms with Gasteiger partial charge in [0.1, 0.15) is 0 Å². The minimum atomic E-state index is 0.119. The van der Waals surface area contributed by atoms with Crippen molar-refractivity contribution in [2.75, 3.05) is 18.8 Å². The molecule has 0 spiro atoms.